The van der Waals surface area contributed by atoms with Crippen LogP contribution in [0.4, 0.5) is 5.69 Å². The maximum Gasteiger partial charge on any atom is 0.269 e. The number of hydrogen-bond acceptors (Lipinski definition) is 3. The highest BCUT2D eigenvalue weighted by Gasteiger charge is 2.53. The number of nitrogens with two attached hydrogens (primary N) is 1. The van der Waals surface area contributed by atoms with Crippen molar-refractivity contribution in [3.05, 3.63) is 65.4 Å². The van der Waals surface area contributed by atoms with E-state index < -0.39 is 17.4 Å². The fraction of sp³-hybridized carbons (Fsp3) is 0.158. The topological polar surface area (TPSA) is 99.4 Å². The molecule has 1 aliphatic heterocycles. The van der Waals surface area contributed by atoms with Gasteiger partial charge in [-0.3, -0.25) is 14.5 Å². The number of nitrogens with zero attached hydrogens (tertiary/aromatic N) is 1. The number of aromatic nitrogens is 1. The summed E-state index contributed by atoms with van der Waals surface area (Å²) in [6.45, 7) is 1.54. The second-order valence-corrected chi connectivity index (χ2v) is 6.26. The van der Waals surface area contributed by atoms with Crippen molar-refractivity contribution in [2.75, 3.05) is 11.4 Å². The molecule has 2 amide bonds. The van der Waals surface area contributed by atoms with Gasteiger partial charge in [0, 0.05) is 27.7 Å². The summed E-state index contributed by atoms with van der Waals surface area (Å²) in [6, 6.07) is 14.4. The van der Waals surface area contributed by atoms with E-state index in [0.717, 1.165) is 10.9 Å². The van der Waals surface area contributed by atoms with Crippen LogP contribution < -0.4 is 10.6 Å². The predicted molar refractivity (Wildman–Crippen MR) is 94.0 cm³/mol. The molecule has 0 spiro atoms. The molecular formula is C19H17N3O3. The summed E-state index contributed by atoms with van der Waals surface area (Å²) in [7, 11) is 0. The van der Waals surface area contributed by atoms with Crippen molar-refractivity contribution in [2.24, 2.45) is 5.73 Å². The third-order valence-electron chi connectivity index (χ3n) is 4.71. The highest BCUT2D eigenvalue weighted by Crippen LogP contribution is 2.47. The average Bonchev–Trinajstić information content (AvgIpc) is 3.03. The molecular weight excluding hydrogens is 318 g/mol. The molecule has 4 rings (SSSR count). The number of hydrogen-bond donors (Lipinski definition) is 3. The van der Waals surface area contributed by atoms with Gasteiger partial charge in [-0.2, -0.15) is 0 Å². The van der Waals surface area contributed by atoms with Gasteiger partial charge in [-0.15, -0.1) is 0 Å². The maximum atomic E-state index is 13.2. The van der Waals surface area contributed by atoms with Gasteiger partial charge in [-0.25, -0.2) is 0 Å². The Bertz CT molecular complexity index is 1020. The van der Waals surface area contributed by atoms with Crippen molar-refractivity contribution in [2.45, 2.75) is 12.5 Å². The highest BCUT2D eigenvalue weighted by atomic mass is 16.3. The minimum Gasteiger partial charge on any atom is -0.372 e. The van der Waals surface area contributed by atoms with E-state index in [9.17, 15) is 14.7 Å². The summed E-state index contributed by atoms with van der Waals surface area (Å²) in [5.74, 6) is -1.21. The van der Waals surface area contributed by atoms with E-state index in [1.807, 2.05) is 31.2 Å². The normalized spacial score (nSPS) is 19.4. The summed E-state index contributed by atoms with van der Waals surface area (Å²) < 4.78 is 0. The van der Waals surface area contributed by atoms with Crippen LogP contribution in [0.15, 0.2) is 48.5 Å². The summed E-state index contributed by atoms with van der Waals surface area (Å²) >= 11 is 0. The number of aliphatic hydroxyl groups is 1. The number of fused-ring (bicyclic) bond motifs is 2. The van der Waals surface area contributed by atoms with Gasteiger partial charge in [0.25, 0.3) is 5.91 Å². The number of carbonyl (C=O) groups is 2. The van der Waals surface area contributed by atoms with Crippen LogP contribution in [0.1, 0.15) is 16.8 Å². The van der Waals surface area contributed by atoms with Crippen LogP contribution >= 0.6 is 0 Å². The van der Waals surface area contributed by atoms with E-state index >= 15 is 0 Å². The van der Waals surface area contributed by atoms with Crippen molar-refractivity contribution in [1.82, 2.24) is 4.98 Å². The van der Waals surface area contributed by atoms with Crippen LogP contribution in [0.2, 0.25) is 0 Å². The molecule has 0 fully saturated rings. The average molecular weight is 335 g/mol. The Hall–Kier alpha value is -3.12. The number of rotatable bonds is 3. The lowest BCUT2D eigenvalue weighted by Gasteiger charge is -2.23. The third kappa shape index (κ3) is 2.01. The summed E-state index contributed by atoms with van der Waals surface area (Å²) in [6.07, 6.45) is 0. The molecule has 0 bridgehead atoms. The van der Waals surface area contributed by atoms with Crippen molar-refractivity contribution < 1.29 is 14.7 Å². The molecule has 6 nitrogen and oxygen atoms in total. The first-order chi connectivity index (χ1) is 11.9. The van der Waals surface area contributed by atoms with Crippen molar-refractivity contribution in [3.8, 4) is 0 Å². The van der Waals surface area contributed by atoms with Crippen LogP contribution in [0.25, 0.3) is 10.9 Å². The Labute approximate surface area is 143 Å². The maximum absolute atomic E-state index is 13.2. The van der Waals surface area contributed by atoms with E-state index in [-0.39, 0.29) is 6.54 Å². The number of carbonyl (C=O) groups excluding carboxylic acids is 2. The molecule has 0 radical (unpaired) electrons. The summed E-state index contributed by atoms with van der Waals surface area (Å²) in [5.41, 5.74) is 6.43. The number of benzene rings is 2. The zero-order chi connectivity index (χ0) is 17.8. The number of amides is 2. The molecule has 2 heterocycles. The third-order valence-corrected chi connectivity index (χ3v) is 4.71. The van der Waals surface area contributed by atoms with Gasteiger partial charge in [0.1, 0.15) is 6.54 Å². The molecule has 4 N–H and O–H groups in total. The van der Waals surface area contributed by atoms with E-state index in [0.29, 0.717) is 22.5 Å². The molecule has 2 aromatic carbocycles. The largest absolute Gasteiger partial charge is 0.372 e. The molecule has 1 unspecified atom stereocenters. The molecule has 0 aliphatic carbocycles. The van der Waals surface area contributed by atoms with E-state index in [2.05, 4.69) is 4.98 Å². The van der Waals surface area contributed by atoms with Gasteiger partial charge < -0.3 is 15.8 Å². The van der Waals surface area contributed by atoms with Crippen molar-refractivity contribution in [1.29, 1.82) is 0 Å². The summed E-state index contributed by atoms with van der Waals surface area (Å²) in [4.78, 5) is 29.1. The van der Waals surface area contributed by atoms with Crippen LogP contribution in [0, 0.1) is 6.92 Å². The van der Waals surface area contributed by atoms with Crippen molar-refractivity contribution in [3.63, 3.8) is 0 Å². The fourth-order valence-corrected chi connectivity index (χ4v) is 3.73. The quantitative estimate of drug-likeness (QED) is 0.677. The first-order valence-electron chi connectivity index (χ1n) is 7.94. The minimum absolute atomic E-state index is 0.278. The van der Waals surface area contributed by atoms with Gasteiger partial charge in [0.2, 0.25) is 5.91 Å². The molecule has 1 aromatic heterocycles. The van der Waals surface area contributed by atoms with Gasteiger partial charge in [0.15, 0.2) is 5.60 Å². The monoisotopic (exact) mass is 335 g/mol. The van der Waals surface area contributed by atoms with Crippen LogP contribution in [-0.2, 0) is 15.2 Å². The van der Waals surface area contributed by atoms with E-state index in [1.165, 1.54) is 4.90 Å². The number of para-hydroxylation sites is 2. The summed E-state index contributed by atoms with van der Waals surface area (Å²) in [5, 5.41) is 12.3. The van der Waals surface area contributed by atoms with E-state index in [1.54, 1.807) is 24.3 Å². The second-order valence-electron chi connectivity index (χ2n) is 6.26. The number of nitrogens with one attached hydrogen (secondary N) is 1. The van der Waals surface area contributed by atoms with Gasteiger partial charge in [-0.05, 0) is 19.1 Å². The van der Waals surface area contributed by atoms with Gasteiger partial charge in [0.05, 0.1) is 5.69 Å². The second kappa shape index (κ2) is 5.19. The van der Waals surface area contributed by atoms with Gasteiger partial charge >= 0.3 is 0 Å². The zero-order valence-corrected chi connectivity index (χ0v) is 13.6. The Morgan fingerprint density at radius 2 is 1.88 bits per heavy atom. The molecule has 126 valence electrons. The Morgan fingerprint density at radius 3 is 2.64 bits per heavy atom. The lowest BCUT2D eigenvalue weighted by Crippen LogP contribution is -2.44. The molecule has 1 aliphatic rings. The standard InChI is InChI=1S/C19H17N3O3/c1-11-17(12-6-2-4-8-14(12)21-11)19(25)13-7-3-5-9-15(13)22(18(19)24)10-16(20)23/h2-9,21,25H,10H2,1H3,(H2,20,23). The highest BCUT2D eigenvalue weighted by molar-refractivity contribution is 6.13. The first-order valence-corrected chi connectivity index (χ1v) is 7.94. The predicted octanol–water partition coefficient (Wildman–Crippen LogP) is 1.54. The smallest absolute Gasteiger partial charge is 0.269 e. The van der Waals surface area contributed by atoms with Crippen LogP contribution in [-0.4, -0.2) is 28.4 Å². The fourth-order valence-electron chi connectivity index (χ4n) is 3.73. The van der Waals surface area contributed by atoms with Crippen molar-refractivity contribution >= 4 is 28.4 Å². The van der Waals surface area contributed by atoms with Crippen LogP contribution in [0.3, 0.4) is 0 Å². The SMILES string of the molecule is Cc1[nH]c2ccccc2c1C1(O)C(=O)N(CC(N)=O)c2ccccc21. The Balaban J connectivity index is 2.01. The molecule has 1 atom stereocenters. The zero-order valence-electron chi connectivity index (χ0n) is 13.6. The number of aromatic amines is 1. The lowest BCUT2D eigenvalue weighted by molar-refractivity contribution is -0.133. The molecule has 6 heteroatoms. The molecule has 25 heavy (non-hydrogen) atoms. The molecule has 3 aromatic rings. The van der Waals surface area contributed by atoms with Gasteiger partial charge in [-0.1, -0.05) is 36.4 Å². The van der Waals surface area contributed by atoms with Crippen LogP contribution in [0.5, 0.6) is 0 Å². The Morgan fingerprint density at radius 1 is 1.20 bits per heavy atom. The molecule has 0 saturated carbocycles. The number of anilines is 1. The number of primary amides is 1. The number of H-pyrrole nitrogens is 1. The van der Waals surface area contributed by atoms with E-state index in [4.69, 9.17) is 5.73 Å². The lowest BCUT2D eigenvalue weighted by atomic mass is 9.85. The molecule has 0 saturated heterocycles. The first kappa shape index (κ1) is 15.4. The minimum atomic E-state index is -1.87. The number of aryl methyl sites for hydroxylation is 1. The Kier molecular flexibility index (Phi) is 3.20.